The fourth-order valence-corrected chi connectivity index (χ4v) is 3.52. The van der Waals surface area contributed by atoms with Crippen molar-refractivity contribution in [1.82, 2.24) is 5.43 Å². The van der Waals surface area contributed by atoms with Crippen molar-refractivity contribution in [2.24, 2.45) is 5.10 Å². The molecule has 0 aromatic heterocycles. The normalized spacial score (nSPS) is 11.7. The molecule has 0 radical (unpaired) electrons. The monoisotopic (exact) mass is 517 g/mol. The van der Waals surface area contributed by atoms with Gasteiger partial charge < -0.3 is 9.47 Å². The smallest absolute Gasteiger partial charge is 0.343 e. The summed E-state index contributed by atoms with van der Waals surface area (Å²) in [5.74, 6) is -0.570. The van der Waals surface area contributed by atoms with E-state index in [2.05, 4.69) is 10.5 Å². The third-order valence-electron chi connectivity index (χ3n) is 5.31. The highest BCUT2D eigenvalue weighted by Crippen LogP contribution is 2.27. The van der Waals surface area contributed by atoms with Crippen LogP contribution in [0.3, 0.4) is 0 Å². The molecule has 0 fully saturated rings. The van der Waals surface area contributed by atoms with E-state index in [0.29, 0.717) is 21.9 Å². The molecule has 0 aliphatic rings. The molecule has 0 aliphatic heterocycles. The molecule has 4 rings (SSSR count). The van der Waals surface area contributed by atoms with Gasteiger partial charge in [-0.3, -0.25) is 14.9 Å². The first-order valence-corrected chi connectivity index (χ1v) is 11.4. The number of non-ortho nitro benzene ring substituents is 1. The number of amides is 1. The Bertz CT molecular complexity index is 1490. The molecule has 9 nitrogen and oxygen atoms in total. The molecule has 37 heavy (non-hydrogen) atoms. The minimum Gasteiger partial charge on any atom is -0.481 e. The van der Waals surface area contributed by atoms with Gasteiger partial charge in [0.2, 0.25) is 0 Å². The number of halogens is 1. The quantitative estimate of drug-likeness (QED) is 0.108. The van der Waals surface area contributed by atoms with Gasteiger partial charge in [-0.05, 0) is 60.2 Å². The van der Waals surface area contributed by atoms with Gasteiger partial charge in [0.05, 0.1) is 16.7 Å². The van der Waals surface area contributed by atoms with Crippen LogP contribution >= 0.6 is 11.6 Å². The van der Waals surface area contributed by atoms with Gasteiger partial charge in [0.15, 0.2) is 6.10 Å². The second-order valence-corrected chi connectivity index (χ2v) is 8.28. The highest BCUT2D eigenvalue weighted by molar-refractivity contribution is 6.30. The van der Waals surface area contributed by atoms with Crippen LogP contribution in [0.1, 0.15) is 22.8 Å². The van der Waals surface area contributed by atoms with E-state index in [0.717, 1.165) is 10.8 Å². The van der Waals surface area contributed by atoms with Gasteiger partial charge in [0.25, 0.3) is 11.6 Å². The van der Waals surface area contributed by atoms with Gasteiger partial charge >= 0.3 is 5.97 Å². The first-order valence-electron chi connectivity index (χ1n) is 11.1. The number of nitrogens with zero attached hydrogens (tertiary/aromatic N) is 2. The van der Waals surface area contributed by atoms with Crippen LogP contribution in [0, 0.1) is 10.1 Å². The van der Waals surface area contributed by atoms with Gasteiger partial charge in [0, 0.05) is 22.7 Å². The third-order valence-corrected chi connectivity index (χ3v) is 5.56. The lowest BCUT2D eigenvalue weighted by atomic mass is 10.0. The second-order valence-electron chi connectivity index (χ2n) is 7.84. The standard InChI is InChI=1S/C27H20ClN3O6/c1-17(36-22-13-11-21(12-14-22)31(34)35)26(32)30-29-16-24-23-5-3-2-4-18(23)8-15-25(24)37-27(33)19-6-9-20(28)10-7-19/h2-17H,1H3,(H,30,32)/b29-16-/t17-/m0/s1. The SMILES string of the molecule is C[C@H](Oc1ccc([N+](=O)[O-])cc1)C(=O)N/N=C\c1c(OC(=O)c2ccc(Cl)cc2)ccc2ccccc12. The molecule has 1 atom stereocenters. The number of hydrogen-bond donors (Lipinski definition) is 1. The Balaban J connectivity index is 1.50. The molecular weight excluding hydrogens is 498 g/mol. The maximum absolute atomic E-state index is 12.7. The Morgan fingerprint density at radius 2 is 1.70 bits per heavy atom. The van der Waals surface area contributed by atoms with Crippen molar-refractivity contribution in [1.29, 1.82) is 0 Å². The minimum absolute atomic E-state index is 0.0864. The number of nitro groups is 1. The van der Waals surface area contributed by atoms with E-state index >= 15 is 0 Å². The van der Waals surface area contributed by atoms with Gasteiger partial charge in [0.1, 0.15) is 11.5 Å². The van der Waals surface area contributed by atoms with Crippen molar-refractivity contribution < 1.29 is 24.0 Å². The molecule has 0 saturated carbocycles. The van der Waals surface area contributed by atoms with Gasteiger partial charge in [-0.1, -0.05) is 41.9 Å². The average molecular weight is 518 g/mol. The Hall–Kier alpha value is -4.76. The lowest BCUT2D eigenvalue weighted by molar-refractivity contribution is -0.384. The maximum atomic E-state index is 12.7. The van der Waals surface area contributed by atoms with E-state index in [-0.39, 0.29) is 11.4 Å². The summed E-state index contributed by atoms with van der Waals surface area (Å²) in [6.45, 7) is 1.52. The van der Waals surface area contributed by atoms with E-state index in [1.54, 1.807) is 30.3 Å². The largest absolute Gasteiger partial charge is 0.481 e. The van der Waals surface area contributed by atoms with E-state index in [9.17, 15) is 19.7 Å². The molecule has 1 N–H and O–H groups in total. The Morgan fingerprint density at radius 1 is 1.00 bits per heavy atom. The van der Waals surface area contributed by atoms with Crippen LogP contribution in [0.4, 0.5) is 5.69 Å². The number of esters is 1. The number of fused-ring (bicyclic) bond motifs is 1. The Kier molecular flexibility index (Phi) is 7.75. The van der Waals surface area contributed by atoms with Crippen molar-refractivity contribution in [2.45, 2.75) is 13.0 Å². The number of ether oxygens (including phenoxy) is 2. The number of carbonyl (C=O) groups excluding carboxylic acids is 2. The van der Waals surface area contributed by atoms with Crippen LogP contribution in [0.15, 0.2) is 90.0 Å². The van der Waals surface area contributed by atoms with E-state index in [4.69, 9.17) is 21.1 Å². The number of hydrogen-bond acceptors (Lipinski definition) is 7. The number of nitrogens with one attached hydrogen (secondary N) is 1. The zero-order valence-corrected chi connectivity index (χ0v) is 20.2. The maximum Gasteiger partial charge on any atom is 0.343 e. The summed E-state index contributed by atoms with van der Waals surface area (Å²) in [4.78, 5) is 35.4. The average Bonchev–Trinajstić information content (AvgIpc) is 2.90. The summed E-state index contributed by atoms with van der Waals surface area (Å²) in [7, 11) is 0. The van der Waals surface area contributed by atoms with Crippen molar-refractivity contribution in [3.05, 3.63) is 111 Å². The van der Waals surface area contributed by atoms with Gasteiger partial charge in [-0.15, -0.1) is 0 Å². The Labute approximate surface area is 216 Å². The van der Waals surface area contributed by atoms with Crippen molar-refractivity contribution in [3.8, 4) is 11.5 Å². The number of hydrazone groups is 1. The van der Waals surface area contributed by atoms with Crippen molar-refractivity contribution in [2.75, 3.05) is 0 Å². The fraction of sp³-hybridized carbons (Fsp3) is 0.0741. The summed E-state index contributed by atoms with van der Waals surface area (Å²) in [6, 6.07) is 22.6. The van der Waals surface area contributed by atoms with E-state index < -0.39 is 22.9 Å². The van der Waals surface area contributed by atoms with Crippen molar-refractivity contribution in [3.63, 3.8) is 0 Å². The molecule has 186 valence electrons. The predicted molar refractivity (Wildman–Crippen MR) is 139 cm³/mol. The lowest BCUT2D eigenvalue weighted by Crippen LogP contribution is -2.33. The number of benzene rings is 4. The van der Waals surface area contributed by atoms with Crippen LogP contribution in [-0.4, -0.2) is 29.1 Å². The molecule has 0 bridgehead atoms. The molecule has 0 spiro atoms. The van der Waals surface area contributed by atoms with Crippen LogP contribution < -0.4 is 14.9 Å². The lowest BCUT2D eigenvalue weighted by Gasteiger charge is -2.13. The summed E-state index contributed by atoms with van der Waals surface area (Å²) in [5.41, 5.74) is 3.14. The Morgan fingerprint density at radius 3 is 2.41 bits per heavy atom. The molecule has 10 heteroatoms. The molecule has 0 unspecified atom stereocenters. The van der Waals surface area contributed by atoms with Crippen LogP contribution in [0.25, 0.3) is 10.8 Å². The molecule has 4 aromatic carbocycles. The minimum atomic E-state index is -0.937. The third kappa shape index (κ3) is 6.28. The highest BCUT2D eigenvalue weighted by atomic mass is 35.5. The predicted octanol–water partition coefficient (Wildman–Crippen LogP) is 5.54. The summed E-state index contributed by atoms with van der Waals surface area (Å²) in [5, 5.41) is 17.0. The fourth-order valence-electron chi connectivity index (χ4n) is 3.40. The van der Waals surface area contributed by atoms with Gasteiger partial charge in [-0.25, -0.2) is 10.2 Å². The second kappa shape index (κ2) is 11.3. The topological polar surface area (TPSA) is 120 Å². The van der Waals surface area contributed by atoms with Gasteiger partial charge in [-0.2, -0.15) is 5.10 Å². The van der Waals surface area contributed by atoms with Crippen LogP contribution in [-0.2, 0) is 4.79 Å². The molecule has 1 amide bonds. The molecular formula is C27H20ClN3O6. The zero-order valence-electron chi connectivity index (χ0n) is 19.5. The molecule has 0 heterocycles. The summed E-state index contributed by atoms with van der Waals surface area (Å²) in [6.07, 6.45) is 0.455. The van der Waals surface area contributed by atoms with Crippen LogP contribution in [0.2, 0.25) is 5.02 Å². The van der Waals surface area contributed by atoms with E-state index in [1.807, 2.05) is 30.3 Å². The van der Waals surface area contributed by atoms with Crippen LogP contribution in [0.5, 0.6) is 11.5 Å². The zero-order chi connectivity index (χ0) is 26.4. The number of nitro benzene ring substituents is 1. The first-order chi connectivity index (χ1) is 17.8. The van der Waals surface area contributed by atoms with Crippen molar-refractivity contribution >= 4 is 46.2 Å². The molecule has 0 aliphatic carbocycles. The summed E-state index contributed by atoms with van der Waals surface area (Å²) < 4.78 is 11.2. The first kappa shape index (κ1) is 25.3. The summed E-state index contributed by atoms with van der Waals surface area (Å²) >= 11 is 5.90. The molecule has 0 saturated heterocycles. The highest BCUT2D eigenvalue weighted by Gasteiger charge is 2.16. The number of carbonyl (C=O) groups is 2. The molecule has 4 aromatic rings. The van der Waals surface area contributed by atoms with E-state index in [1.165, 1.54) is 37.4 Å². The number of rotatable bonds is 8.